The Morgan fingerprint density at radius 3 is 2.77 bits per heavy atom. The van der Waals surface area contributed by atoms with Gasteiger partial charge in [-0.2, -0.15) is 0 Å². The van der Waals surface area contributed by atoms with Crippen LogP contribution in [0, 0.1) is 12.3 Å². The van der Waals surface area contributed by atoms with E-state index in [1.165, 1.54) is 16.2 Å². The van der Waals surface area contributed by atoms with Gasteiger partial charge in [-0.15, -0.1) is 29.1 Å². The molecule has 2 aromatic carbocycles. The van der Waals surface area contributed by atoms with E-state index in [0.29, 0.717) is 10.8 Å². The van der Waals surface area contributed by atoms with E-state index in [1.807, 2.05) is 41.9 Å². The smallest absolute Gasteiger partial charge is 0.323 e. The third kappa shape index (κ3) is 3.91. The second kappa shape index (κ2) is 8.63. The van der Waals surface area contributed by atoms with Crippen LogP contribution in [-0.2, 0) is 0 Å². The highest BCUT2D eigenvalue weighted by Gasteiger charge is 2.19. The molecule has 0 fully saturated rings. The molecule has 4 aromatic rings. The molecule has 2 amide bonds. The molecule has 30 heavy (non-hydrogen) atoms. The van der Waals surface area contributed by atoms with Crippen molar-refractivity contribution >= 4 is 44.7 Å². The molecule has 0 aliphatic carbocycles. The summed E-state index contributed by atoms with van der Waals surface area (Å²) in [6.07, 6.45) is 5.34. The van der Waals surface area contributed by atoms with Gasteiger partial charge in [0, 0.05) is 18.0 Å². The summed E-state index contributed by atoms with van der Waals surface area (Å²) in [6, 6.07) is 12.9. The Morgan fingerprint density at radius 1 is 1.27 bits per heavy atom. The topological polar surface area (TPSA) is 78.4 Å². The summed E-state index contributed by atoms with van der Waals surface area (Å²) in [5.74, 6) is 2.92. The summed E-state index contributed by atoms with van der Waals surface area (Å²) in [5.41, 5.74) is 5.78. The average molecular weight is 435 g/mol. The van der Waals surface area contributed by atoms with Gasteiger partial charge in [-0.05, 0) is 23.1 Å². The first-order valence-corrected chi connectivity index (χ1v) is 10.9. The monoisotopic (exact) mass is 434 g/mol. The first-order valence-electron chi connectivity index (χ1n) is 9.10. The Balaban J connectivity index is 1.51. The number of aliphatic hydroxyl groups is 1. The number of urea groups is 1. The van der Waals surface area contributed by atoms with Gasteiger partial charge in [-0.1, -0.05) is 36.4 Å². The minimum atomic E-state index is -0.543. The number of terminal acetylenes is 1. The number of nitrogens with one attached hydrogen (secondary N) is 1. The summed E-state index contributed by atoms with van der Waals surface area (Å²) >= 11 is 2.90. The fourth-order valence-corrected chi connectivity index (χ4v) is 4.55. The molecule has 0 bridgehead atoms. The lowest BCUT2D eigenvalue weighted by Gasteiger charge is -2.21. The number of fused-ring (bicyclic) bond motifs is 1. The molecule has 4 rings (SSSR count). The maximum Gasteiger partial charge on any atom is 0.323 e. The van der Waals surface area contributed by atoms with E-state index in [1.54, 1.807) is 23.8 Å². The molecule has 0 saturated carbocycles. The Hall–Kier alpha value is -3.25. The first kappa shape index (κ1) is 20.0. The summed E-state index contributed by atoms with van der Waals surface area (Å²) in [6.45, 7) is -0.226. The van der Waals surface area contributed by atoms with E-state index in [-0.39, 0.29) is 12.6 Å². The second-order valence-electron chi connectivity index (χ2n) is 6.53. The SMILES string of the molecule is C#Cc1nc(N(C)C(=O)N[C@@H](CO)c2ccc(-c3cccc4ncsc34)cc2)cs1. The fraction of sp³-hybridized carbons (Fsp3) is 0.136. The lowest BCUT2D eigenvalue weighted by molar-refractivity contribution is 0.222. The van der Waals surface area contributed by atoms with Gasteiger partial charge in [0.05, 0.1) is 28.4 Å². The molecule has 1 atom stereocenters. The highest BCUT2D eigenvalue weighted by atomic mass is 32.1. The van der Waals surface area contributed by atoms with Crippen molar-refractivity contribution in [1.29, 1.82) is 0 Å². The number of hydrogen-bond donors (Lipinski definition) is 2. The molecule has 0 aliphatic rings. The molecular formula is C22H18N4O2S2. The van der Waals surface area contributed by atoms with E-state index in [4.69, 9.17) is 6.42 Å². The lowest BCUT2D eigenvalue weighted by atomic mass is 10.0. The Labute approximate surface area is 181 Å². The molecule has 150 valence electrons. The van der Waals surface area contributed by atoms with Crippen LogP contribution in [0.4, 0.5) is 10.6 Å². The van der Waals surface area contributed by atoms with Crippen molar-refractivity contribution in [3.05, 3.63) is 63.9 Å². The second-order valence-corrected chi connectivity index (χ2v) is 8.24. The van der Waals surface area contributed by atoms with E-state index in [0.717, 1.165) is 26.9 Å². The Kier molecular flexibility index (Phi) is 5.77. The molecule has 0 unspecified atom stereocenters. The molecular weight excluding hydrogens is 416 g/mol. The van der Waals surface area contributed by atoms with Gasteiger partial charge < -0.3 is 10.4 Å². The van der Waals surface area contributed by atoms with Crippen LogP contribution in [0.1, 0.15) is 16.6 Å². The Bertz CT molecular complexity index is 1220. The molecule has 2 N–H and O–H groups in total. The number of carbonyl (C=O) groups is 1. The molecule has 6 nitrogen and oxygen atoms in total. The van der Waals surface area contributed by atoms with Gasteiger partial charge in [-0.25, -0.2) is 14.8 Å². The minimum Gasteiger partial charge on any atom is -0.394 e. The maximum absolute atomic E-state index is 12.6. The number of thiazole rings is 2. The number of amides is 2. The number of carbonyl (C=O) groups excluding carboxylic acids is 1. The summed E-state index contributed by atoms with van der Waals surface area (Å²) in [4.78, 5) is 22.5. The van der Waals surface area contributed by atoms with Crippen LogP contribution >= 0.6 is 22.7 Å². The largest absolute Gasteiger partial charge is 0.394 e. The highest BCUT2D eigenvalue weighted by Crippen LogP contribution is 2.31. The van der Waals surface area contributed by atoms with Gasteiger partial charge in [-0.3, -0.25) is 4.90 Å². The van der Waals surface area contributed by atoms with Crippen molar-refractivity contribution in [2.24, 2.45) is 0 Å². The van der Waals surface area contributed by atoms with E-state index in [9.17, 15) is 9.90 Å². The van der Waals surface area contributed by atoms with Gasteiger partial charge >= 0.3 is 6.03 Å². The predicted molar refractivity (Wildman–Crippen MR) is 122 cm³/mol. The number of hydrogen-bond acceptors (Lipinski definition) is 6. The number of aliphatic hydroxyl groups excluding tert-OH is 1. The first-order chi connectivity index (χ1) is 14.6. The standard InChI is InChI=1S/C22H18N4O2S2/c1-3-20-25-19(12-29-20)26(2)22(28)24-18(11-27)15-9-7-14(8-10-15)16-5-4-6-17-21(16)30-13-23-17/h1,4-10,12-13,18,27H,11H2,2H3,(H,24,28)/t18-/m0/s1. The third-order valence-corrected chi connectivity index (χ3v) is 6.36. The van der Waals surface area contributed by atoms with Gasteiger partial charge in [0.2, 0.25) is 0 Å². The molecule has 0 aliphatic heterocycles. The highest BCUT2D eigenvalue weighted by molar-refractivity contribution is 7.17. The van der Waals surface area contributed by atoms with E-state index >= 15 is 0 Å². The van der Waals surface area contributed by atoms with Crippen molar-refractivity contribution < 1.29 is 9.90 Å². The fourth-order valence-electron chi connectivity index (χ4n) is 3.08. The van der Waals surface area contributed by atoms with Gasteiger partial charge in [0.1, 0.15) is 5.82 Å². The van der Waals surface area contributed by atoms with Crippen LogP contribution in [0.15, 0.2) is 53.4 Å². The van der Waals surface area contributed by atoms with Gasteiger partial charge in [0.25, 0.3) is 0 Å². The molecule has 0 saturated heterocycles. The number of rotatable bonds is 5. The Morgan fingerprint density at radius 2 is 2.07 bits per heavy atom. The molecule has 0 radical (unpaired) electrons. The van der Waals surface area contributed by atoms with Crippen LogP contribution in [0.25, 0.3) is 21.3 Å². The number of aromatic nitrogens is 2. The maximum atomic E-state index is 12.6. The quantitative estimate of drug-likeness (QED) is 0.460. The van der Waals surface area contributed by atoms with Crippen molar-refractivity contribution in [1.82, 2.24) is 15.3 Å². The zero-order valence-electron chi connectivity index (χ0n) is 16.1. The summed E-state index contributed by atoms with van der Waals surface area (Å²) in [5, 5.41) is 14.9. The van der Waals surface area contributed by atoms with Crippen molar-refractivity contribution in [2.45, 2.75) is 6.04 Å². The van der Waals surface area contributed by atoms with Crippen molar-refractivity contribution in [3.63, 3.8) is 0 Å². The third-order valence-electron chi connectivity index (χ3n) is 4.72. The van der Waals surface area contributed by atoms with Crippen LogP contribution < -0.4 is 10.2 Å². The van der Waals surface area contributed by atoms with Gasteiger partial charge in [0.15, 0.2) is 5.01 Å². The minimum absolute atomic E-state index is 0.226. The molecule has 2 aromatic heterocycles. The number of anilines is 1. The average Bonchev–Trinajstić information content (AvgIpc) is 3.46. The van der Waals surface area contributed by atoms with Crippen molar-refractivity contribution in [2.75, 3.05) is 18.6 Å². The van der Waals surface area contributed by atoms with Crippen LogP contribution in [0.3, 0.4) is 0 Å². The van der Waals surface area contributed by atoms with Crippen molar-refractivity contribution in [3.8, 4) is 23.5 Å². The van der Waals surface area contributed by atoms with E-state index in [2.05, 4.69) is 27.3 Å². The normalized spacial score (nSPS) is 11.8. The van der Waals surface area contributed by atoms with E-state index < -0.39 is 6.04 Å². The number of nitrogens with zero attached hydrogens (tertiary/aromatic N) is 3. The zero-order chi connectivity index (χ0) is 21.1. The summed E-state index contributed by atoms with van der Waals surface area (Å²) < 4.78 is 1.13. The predicted octanol–water partition coefficient (Wildman–Crippen LogP) is 4.28. The zero-order valence-corrected chi connectivity index (χ0v) is 17.7. The van der Waals surface area contributed by atoms with Crippen LogP contribution in [-0.4, -0.2) is 34.8 Å². The summed E-state index contributed by atoms with van der Waals surface area (Å²) in [7, 11) is 1.61. The number of benzene rings is 2. The van der Waals surface area contributed by atoms with Crippen LogP contribution in [0.5, 0.6) is 0 Å². The molecule has 8 heteroatoms. The van der Waals surface area contributed by atoms with Crippen LogP contribution in [0.2, 0.25) is 0 Å². The lowest BCUT2D eigenvalue weighted by Crippen LogP contribution is -2.40. The molecule has 2 heterocycles. The molecule has 0 spiro atoms.